The van der Waals surface area contributed by atoms with Crippen molar-refractivity contribution in [3.05, 3.63) is 50.9 Å². The van der Waals surface area contributed by atoms with E-state index in [9.17, 15) is 15.0 Å². The average molecular weight is 466 g/mol. The third-order valence-corrected chi connectivity index (χ3v) is 5.40. The molecule has 2 heterocycles. The molecule has 0 fully saturated rings. The van der Waals surface area contributed by atoms with Crippen molar-refractivity contribution in [2.24, 2.45) is 5.10 Å². The van der Waals surface area contributed by atoms with Crippen LogP contribution < -0.4 is 20.6 Å². The van der Waals surface area contributed by atoms with E-state index in [1.807, 2.05) is 13.8 Å². The minimum Gasteiger partial charge on any atom is -0.453 e. The van der Waals surface area contributed by atoms with Gasteiger partial charge in [0.05, 0.1) is 21.9 Å². The molecular formula is C20H21Cl2N5O4. The summed E-state index contributed by atoms with van der Waals surface area (Å²) in [4.78, 5) is 12.2. The van der Waals surface area contributed by atoms with Crippen molar-refractivity contribution in [1.29, 1.82) is 5.26 Å². The summed E-state index contributed by atoms with van der Waals surface area (Å²) in [6.45, 7) is 4.01. The molecule has 0 radical (unpaired) electrons. The summed E-state index contributed by atoms with van der Waals surface area (Å²) in [6.07, 6.45) is 0.402. The zero-order chi connectivity index (χ0) is 22.7. The number of aromatic nitrogens is 1. The number of hydrogen-bond donors (Lipinski definition) is 3. The number of pyridine rings is 1. The van der Waals surface area contributed by atoms with E-state index in [1.54, 1.807) is 16.8 Å². The molecule has 2 atom stereocenters. The molecule has 11 heteroatoms. The zero-order valence-corrected chi connectivity index (χ0v) is 18.3. The third-order valence-electron chi connectivity index (χ3n) is 4.84. The molecule has 0 saturated carbocycles. The van der Waals surface area contributed by atoms with Gasteiger partial charge in [-0.15, -0.1) is 0 Å². The van der Waals surface area contributed by atoms with Gasteiger partial charge in [-0.2, -0.15) is 10.4 Å². The van der Waals surface area contributed by atoms with Gasteiger partial charge < -0.3 is 19.5 Å². The molecule has 0 aliphatic carbocycles. The number of halogens is 2. The van der Waals surface area contributed by atoms with Crippen molar-refractivity contribution >= 4 is 34.6 Å². The number of aliphatic hydroxyl groups excluding tert-OH is 2. The first-order chi connectivity index (χ1) is 14.8. The van der Waals surface area contributed by atoms with Crippen LogP contribution in [0.5, 0.6) is 11.5 Å². The van der Waals surface area contributed by atoms with Gasteiger partial charge in [-0.05, 0) is 31.0 Å². The molecule has 2 aromatic rings. The van der Waals surface area contributed by atoms with Crippen molar-refractivity contribution in [3.8, 4) is 17.6 Å². The second kappa shape index (κ2) is 9.68. The van der Waals surface area contributed by atoms with Gasteiger partial charge in [0.15, 0.2) is 17.7 Å². The molecule has 9 nitrogen and oxygen atoms in total. The fourth-order valence-corrected chi connectivity index (χ4v) is 3.76. The first kappa shape index (κ1) is 23.1. The van der Waals surface area contributed by atoms with Gasteiger partial charge in [-0.25, -0.2) is 10.3 Å². The van der Waals surface area contributed by atoms with Crippen LogP contribution in [0.15, 0.2) is 40.4 Å². The van der Waals surface area contributed by atoms with Gasteiger partial charge in [0.1, 0.15) is 11.8 Å². The number of anilines is 1. The molecular weight excluding hydrogens is 445 g/mol. The first-order valence-electron chi connectivity index (χ1n) is 9.58. The number of nitrogens with zero attached hydrogens (tertiary/aromatic N) is 4. The molecule has 3 rings (SSSR count). The Morgan fingerprint density at radius 2 is 1.90 bits per heavy atom. The van der Waals surface area contributed by atoms with Gasteiger partial charge in [0.2, 0.25) is 6.35 Å². The zero-order valence-electron chi connectivity index (χ0n) is 16.8. The number of rotatable bonds is 6. The molecule has 1 aromatic heterocycles. The van der Waals surface area contributed by atoms with Crippen molar-refractivity contribution in [1.82, 2.24) is 9.88 Å². The fraction of sp³-hybridized carbons (Fsp3) is 0.350. The minimum absolute atomic E-state index is 0.0417. The van der Waals surface area contributed by atoms with Crippen molar-refractivity contribution in [3.63, 3.8) is 0 Å². The van der Waals surface area contributed by atoms with Crippen LogP contribution in [0, 0.1) is 11.3 Å². The lowest BCUT2D eigenvalue weighted by Gasteiger charge is -2.32. The largest absolute Gasteiger partial charge is 0.453 e. The van der Waals surface area contributed by atoms with Gasteiger partial charge in [-0.3, -0.25) is 4.79 Å². The van der Waals surface area contributed by atoms with Crippen LogP contribution in [0.1, 0.15) is 32.7 Å². The molecule has 31 heavy (non-hydrogen) atoms. The molecule has 164 valence electrons. The summed E-state index contributed by atoms with van der Waals surface area (Å²) in [7, 11) is 0. The van der Waals surface area contributed by atoms with E-state index in [0.717, 1.165) is 17.9 Å². The highest BCUT2D eigenvalue weighted by Crippen LogP contribution is 2.40. The Bertz CT molecular complexity index is 1070. The average Bonchev–Trinajstić information content (AvgIpc) is 2.73. The molecule has 1 aliphatic rings. The van der Waals surface area contributed by atoms with Gasteiger partial charge in [-0.1, -0.05) is 37.0 Å². The van der Waals surface area contributed by atoms with E-state index in [2.05, 4.69) is 10.4 Å². The smallest absolute Gasteiger partial charge is 0.251 e. The molecule has 1 aromatic carbocycles. The van der Waals surface area contributed by atoms with Gasteiger partial charge >= 0.3 is 0 Å². The lowest BCUT2D eigenvalue weighted by Crippen LogP contribution is -2.55. The van der Waals surface area contributed by atoms with E-state index in [1.165, 1.54) is 24.3 Å². The summed E-state index contributed by atoms with van der Waals surface area (Å²) < 4.78 is 7.47. The van der Waals surface area contributed by atoms with E-state index in [-0.39, 0.29) is 38.8 Å². The topological polar surface area (TPSA) is 123 Å². The predicted octanol–water partition coefficient (Wildman–Crippen LogP) is 3.19. The third kappa shape index (κ3) is 4.84. The van der Waals surface area contributed by atoms with Crippen molar-refractivity contribution in [2.45, 2.75) is 45.3 Å². The first-order valence-corrected chi connectivity index (χ1v) is 10.3. The molecule has 3 N–H and O–H groups in total. The maximum absolute atomic E-state index is 12.2. The van der Waals surface area contributed by atoms with Crippen molar-refractivity contribution < 1.29 is 14.9 Å². The Morgan fingerprint density at radius 1 is 1.26 bits per heavy atom. The summed E-state index contributed by atoms with van der Waals surface area (Å²) in [5, 5.41) is 36.5. The number of aliphatic hydroxyl groups is 2. The number of ether oxygens (including phenoxy) is 1. The predicted molar refractivity (Wildman–Crippen MR) is 118 cm³/mol. The SMILES string of the molecule is CCC(CC)n1cc(Oc2c(Cl)cc(N3N=C(C#N)C(O)NC3O)cc2Cl)ccc1=O. The normalized spacial score (nSPS) is 18.6. The van der Waals surface area contributed by atoms with Crippen LogP contribution in [0.25, 0.3) is 0 Å². The summed E-state index contributed by atoms with van der Waals surface area (Å²) in [5.41, 5.74) is -0.0981. The van der Waals surface area contributed by atoms with E-state index in [0.29, 0.717) is 5.75 Å². The Kier molecular flexibility index (Phi) is 7.20. The Balaban J connectivity index is 1.94. The van der Waals surface area contributed by atoms with Crippen LogP contribution in [0.4, 0.5) is 5.69 Å². The quantitative estimate of drug-likeness (QED) is 0.598. The summed E-state index contributed by atoms with van der Waals surface area (Å²) >= 11 is 12.7. The molecule has 0 spiro atoms. The monoisotopic (exact) mass is 465 g/mol. The van der Waals surface area contributed by atoms with Gasteiger partial charge in [0.25, 0.3) is 5.56 Å². The fourth-order valence-electron chi connectivity index (χ4n) is 3.20. The maximum Gasteiger partial charge on any atom is 0.251 e. The van der Waals surface area contributed by atoms with Crippen LogP contribution in [-0.4, -0.2) is 33.1 Å². The molecule has 2 unspecified atom stereocenters. The Hall–Kier alpha value is -2.61. The number of benzene rings is 1. The highest BCUT2D eigenvalue weighted by molar-refractivity contribution is 6.37. The highest BCUT2D eigenvalue weighted by atomic mass is 35.5. The Morgan fingerprint density at radius 3 is 2.48 bits per heavy atom. The summed E-state index contributed by atoms with van der Waals surface area (Å²) in [5.74, 6) is 0.543. The lowest BCUT2D eigenvalue weighted by molar-refractivity contribution is 0.0631. The maximum atomic E-state index is 12.2. The second-order valence-corrected chi connectivity index (χ2v) is 7.62. The van der Waals surface area contributed by atoms with E-state index in [4.69, 9.17) is 33.2 Å². The number of nitrogens with one attached hydrogen (secondary N) is 1. The molecule has 0 amide bonds. The minimum atomic E-state index is -1.41. The standard InChI is InChI=1S/C20H21Cl2N5O4/c1-3-11(4-2)26-10-13(5-6-17(26)28)31-18-14(21)7-12(8-15(18)22)27-20(30)24-19(29)16(9-23)25-27/h5-8,10-11,19-20,24,29-30H,3-4H2,1-2H3. The summed E-state index contributed by atoms with van der Waals surface area (Å²) in [6, 6.07) is 7.63. The van der Waals surface area contributed by atoms with Crippen LogP contribution in [0.3, 0.4) is 0 Å². The lowest BCUT2D eigenvalue weighted by atomic mass is 10.1. The van der Waals surface area contributed by atoms with Crippen LogP contribution in [0.2, 0.25) is 10.0 Å². The Labute approximate surface area is 188 Å². The molecule has 0 saturated heterocycles. The molecule has 1 aliphatic heterocycles. The van der Waals surface area contributed by atoms with Crippen LogP contribution >= 0.6 is 23.2 Å². The van der Waals surface area contributed by atoms with E-state index < -0.39 is 12.6 Å². The van der Waals surface area contributed by atoms with Crippen LogP contribution in [-0.2, 0) is 0 Å². The highest BCUT2D eigenvalue weighted by Gasteiger charge is 2.29. The molecule has 0 bridgehead atoms. The second-order valence-electron chi connectivity index (χ2n) is 6.81. The van der Waals surface area contributed by atoms with Crippen molar-refractivity contribution in [2.75, 3.05) is 5.01 Å². The van der Waals surface area contributed by atoms with Gasteiger partial charge in [0, 0.05) is 12.1 Å². The number of nitriles is 1. The number of hydrazone groups is 1. The van der Waals surface area contributed by atoms with E-state index >= 15 is 0 Å². The number of hydrogen-bond acceptors (Lipinski definition) is 8.